The molecular weight excluding hydrogens is 121 g/mol. The SMILES string of the molecule is F.F.F.[Cu]. The zero-order valence-electron chi connectivity index (χ0n) is 1.53. The van der Waals surface area contributed by atoms with E-state index in [9.17, 15) is 0 Å². The van der Waals surface area contributed by atoms with Gasteiger partial charge in [0.25, 0.3) is 0 Å². The topological polar surface area (TPSA) is 0 Å². The van der Waals surface area contributed by atoms with Crippen molar-refractivity contribution < 1.29 is 31.2 Å². The summed E-state index contributed by atoms with van der Waals surface area (Å²) in [6, 6.07) is 0. The number of rotatable bonds is 0. The molecule has 0 saturated carbocycles. The zero-order valence-corrected chi connectivity index (χ0v) is 2.47. The Labute approximate surface area is 32.2 Å². The molecule has 0 aliphatic heterocycles. The van der Waals surface area contributed by atoms with E-state index in [1.165, 1.54) is 0 Å². The first-order valence-corrected chi connectivity index (χ1v) is 0. The second-order valence-electron chi connectivity index (χ2n) is 0. The van der Waals surface area contributed by atoms with Crippen molar-refractivity contribution in [1.82, 2.24) is 0 Å². The van der Waals surface area contributed by atoms with Crippen LogP contribution in [-0.2, 0) is 17.1 Å². The van der Waals surface area contributed by atoms with Crippen LogP contribution in [0.2, 0.25) is 0 Å². The Morgan fingerprint density at radius 3 is 0.500 bits per heavy atom. The van der Waals surface area contributed by atoms with Crippen LogP contribution in [0.3, 0.4) is 0 Å². The Kier molecular flexibility index (Phi) is 22700. The van der Waals surface area contributed by atoms with E-state index < -0.39 is 0 Å². The summed E-state index contributed by atoms with van der Waals surface area (Å²) in [6.07, 6.45) is 0. The number of hydrogen-bond acceptors (Lipinski definition) is 0. The molecule has 35 valence electrons. The first-order valence-electron chi connectivity index (χ1n) is 0. The molecule has 0 aromatic carbocycles. The fourth-order valence-electron chi connectivity index (χ4n) is 0. The standard InChI is InChI=1S/Cu.3FH/h;3*1H. The van der Waals surface area contributed by atoms with Crippen molar-refractivity contribution in [3.05, 3.63) is 0 Å². The van der Waals surface area contributed by atoms with E-state index >= 15 is 0 Å². The minimum atomic E-state index is 0. The summed E-state index contributed by atoms with van der Waals surface area (Å²) in [5, 5.41) is 0. The third-order valence-electron chi connectivity index (χ3n) is 0. The number of hydrogen-bond donors (Lipinski definition) is 0. The predicted molar refractivity (Wildman–Crippen MR) is 7.51 cm³/mol. The van der Waals surface area contributed by atoms with Gasteiger partial charge < -0.3 is 0 Å². The van der Waals surface area contributed by atoms with Crippen LogP contribution in [-0.4, -0.2) is 0 Å². The summed E-state index contributed by atoms with van der Waals surface area (Å²) in [6.45, 7) is 0. The van der Waals surface area contributed by atoms with Gasteiger partial charge in [0.1, 0.15) is 0 Å². The minimum Gasteiger partial charge on any atom is -0.269 e. The molecule has 4 heteroatoms. The molecule has 0 nitrogen and oxygen atoms in total. The molecule has 0 N–H and O–H groups in total. The molecular formula is H3CuF3. The van der Waals surface area contributed by atoms with Gasteiger partial charge in [-0.1, -0.05) is 0 Å². The van der Waals surface area contributed by atoms with Gasteiger partial charge in [-0.3, -0.25) is 14.1 Å². The van der Waals surface area contributed by atoms with Gasteiger partial charge in [-0.05, 0) is 0 Å². The Hall–Kier alpha value is 0.309. The summed E-state index contributed by atoms with van der Waals surface area (Å²) < 4.78 is 0. The van der Waals surface area contributed by atoms with Gasteiger partial charge in [0.05, 0.1) is 0 Å². The van der Waals surface area contributed by atoms with Gasteiger partial charge in [0.2, 0.25) is 0 Å². The van der Waals surface area contributed by atoms with Crippen LogP contribution in [0, 0.1) is 0 Å². The molecule has 1 radical (unpaired) electrons. The predicted octanol–water partition coefficient (Wildman–Crippen LogP) is 0.455. The van der Waals surface area contributed by atoms with Gasteiger partial charge in [-0.2, -0.15) is 0 Å². The van der Waals surface area contributed by atoms with E-state index in [1.807, 2.05) is 0 Å². The molecule has 0 aliphatic carbocycles. The van der Waals surface area contributed by atoms with E-state index in [-0.39, 0.29) is 31.2 Å². The third-order valence-corrected chi connectivity index (χ3v) is 0. The van der Waals surface area contributed by atoms with Crippen LogP contribution in [0.5, 0.6) is 0 Å². The fraction of sp³-hybridized carbons (Fsp3) is 0. The Bertz CT molecular complexity index is 3.25. The van der Waals surface area contributed by atoms with E-state index in [0.717, 1.165) is 0 Å². The van der Waals surface area contributed by atoms with Gasteiger partial charge in [0.15, 0.2) is 0 Å². The summed E-state index contributed by atoms with van der Waals surface area (Å²) in [7, 11) is 0. The van der Waals surface area contributed by atoms with Gasteiger partial charge in [0, 0.05) is 17.1 Å². The average molecular weight is 124 g/mol. The first kappa shape index (κ1) is 493. The van der Waals surface area contributed by atoms with Gasteiger partial charge >= 0.3 is 0 Å². The number of halogens is 3. The first-order chi connectivity index (χ1) is 0. The maximum atomic E-state index is 0. The molecule has 4 heavy (non-hydrogen) atoms. The molecule has 0 amide bonds. The Balaban J connectivity index is 0. The molecule has 0 fully saturated rings. The van der Waals surface area contributed by atoms with Crippen LogP contribution in [0.4, 0.5) is 14.1 Å². The van der Waals surface area contributed by atoms with Crippen LogP contribution in [0.25, 0.3) is 0 Å². The Morgan fingerprint density at radius 1 is 0.500 bits per heavy atom. The van der Waals surface area contributed by atoms with Crippen molar-refractivity contribution in [2.75, 3.05) is 0 Å². The van der Waals surface area contributed by atoms with Crippen molar-refractivity contribution in [2.45, 2.75) is 0 Å². The fourth-order valence-corrected chi connectivity index (χ4v) is 0. The molecule has 0 bridgehead atoms. The molecule has 0 saturated heterocycles. The quantitative estimate of drug-likeness (QED) is 0.411. The normalized spacial score (nSPS) is 0. The van der Waals surface area contributed by atoms with Crippen LogP contribution < -0.4 is 0 Å². The molecule has 0 atom stereocenters. The van der Waals surface area contributed by atoms with Crippen molar-refractivity contribution in [1.29, 1.82) is 0 Å². The molecule has 0 aliphatic rings. The van der Waals surface area contributed by atoms with Crippen LogP contribution in [0.15, 0.2) is 0 Å². The van der Waals surface area contributed by atoms with Crippen molar-refractivity contribution in [3.63, 3.8) is 0 Å². The molecule has 0 spiro atoms. The van der Waals surface area contributed by atoms with Crippen molar-refractivity contribution in [2.24, 2.45) is 0 Å². The summed E-state index contributed by atoms with van der Waals surface area (Å²) in [5.74, 6) is 0. The summed E-state index contributed by atoms with van der Waals surface area (Å²) >= 11 is 0. The van der Waals surface area contributed by atoms with Gasteiger partial charge in [-0.25, -0.2) is 0 Å². The van der Waals surface area contributed by atoms with Crippen LogP contribution in [0.1, 0.15) is 0 Å². The average Bonchev–Trinajstić information content (AvgIpc) is 0. The second kappa shape index (κ2) is 184. The molecule has 0 aromatic heterocycles. The Morgan fingerprint density at radius 2 is 0.500 bits per heavy atom. The zero-order chi connectivity index (χ0) is 0. The molecule has 0 unspecified atom stereocenters. The second-order valence-corrected chi connectivity index (χ2v) is 0. The van der Waals surface area contributed by atoms with E-state index in [1.54, 1.807) is 0 Å². The minimum absolute atomic E-state index is 0. The summed E-state index contributed by atoms with van der Waals surface area (Å²) in [5.41, 5.74) is 0. The largest absolute Gasteiger partial charge is 0.269 e. The maximum absolute atomic E-state index is 0. The van der Waals surface area contributed by atoms with Gasteiger partial charge in [-0.15, -0.1) is 0 Å². The van der Waals surface area contributed by atoms with E-state index in [4.69, 9.17) is 0 Å². The smallest absolute Gasteiger partial charge is 0 e. The van der Waals surface area contributed by atoms with E-state index in [2.05, 4.69) is 0 Å². The maximum Gasteiger partial charge on any atom is 0 e. The van der Waals surface area contributed by atoms with Crippen molar-refractivity contribution >= 4 is 0 Å². The molecule has 0 heterocycles. The molecule has 0 aromatic rings. The van der Waals surface area contributed by atoms with Crippen molar-refractivity contribution in [3.8, 4) is 0 Å². The summed E-state index contributed by atoms with van der Waals surface area (Å²) in [4.78, 5) is 0. The monoisotopic (exact) mass is 123 g/mol. The third kappa shape index (κ3) is 41.3. The van der Waals surface area contributed by atoms with Crippen LogP contribution >= 0.6 is 0 Å². The molecule has 0 rings (SSSR count). The van der Waals surface area contributed by atoms with E-state index in [0.29, 0.717) is 0 Å².